The van der Waals surface area contributed by atoms with Crippen molar-refractivity contribution in [1.29, 1.82) is 0 Å². The fourth-order valence-electron chi connectivity index (χ4n) is 2.73. The van der Waals surface area contributed by atoms with E-state index in [1.807, 2.05) is 30.3 Å². The third-order valence-electron chi connectivity index (χ3n) is 4.01. The third-order valence-corrected chi connectivity index (χ3v) is 5.86. The highest BCUT2D eigenvalue weighted by molar-refractivity contribution is 7.89. The van der Waals surface area contributed by atoms with Crippen molar-refractivity contribution in [2.75, 3.05) is 5.75 Å². The lowest BCUT2D eigenvalue weighted by atomic mass is 10.1. The van der Waals surface area contributed by atoms with E-state index in [2.05, 4.69) is 0 Å². The van der Waals surface area contributed by atoms with Crippen LogP contribution < -0.4 is 10.2 Å². The van der Waals surface area contributed by atoms with Crippen LogP contribution in [-0.4, -0.2) is 35.6 Å². The second kappa shape index (κ2) is 7.22. The summed E-state index contributed by atoms with van der Waals surface area (Å²) in [6, 6.07) is 15.4. The molecular formula is C17H18N2O5S. The van der Waals surface area contributed by atoms with Gasteiger partial charge in [0.1, 0.15) is 17.5 Å². The molecule has 0 aromatic heterocycles. The van der Waals surface area contributed by atoms with Crippen LogP contribution in [0.1, 0.15) is 12.0 Å². The fraction of sp³-hybridized carbons (Fsp3) is 0.235. The Balaban J connectivity index is 1.73. The highest BCUT2D eigenvalue weighted by Crippen LogP contribution is 2.26. The number of nitrogens with one attached hydrogen (secondary N) is 1. The molecule has 2 aromatic rings. The molecule has 25 heavy (non-hydrogen) atoms. The fourth-order valence-corrected chi connectivity index (χ4v) is 4.42. The molecule has 8 heteroatoms. The van der Waals surface area contributed by atoms with E-state index in [1.54, 1.807) is 24.3 Å². The van der Waals surface area contributed by atoms with Gasteiger partial charge in [0, 0.05) is 6.54 Å². The first-order valence-electron chi connectivity index (χ1n) is 7.75. The Kier molecular flexibility index (Phi) is 5.03. The zero-order valence-electron chi connectivity index (χ0n) is 13.3. The van der Waals surface area contributed by atoms with Crippen LogP contribution in [0.3, 0.4) is 0 Å². The molecular weight excluding hydrogens is 344 g/mol. The summed E-state index contributed by atoms with van der Waals surface area (Å²) >= 11 is 0. The lowest BCUT2D eigenvalue weighted by molar-refractivity contribution is -0.133. The molecule has 1 amide bonds. The Morgan fingerprint density at radius 1 is 1.12 bits per heavy atom. The first-order chi connectivity index (χ1) is 12.0. The molecule has 3 rings (SSSR count). The number of sulfonamides is 1. The number of ether oxygens (including phenoxy) is 1. The number of para-hydroxylation sites is 1. The molecule has 1 aliphatic heterocycles. The smallest absolute Gasteiger partial charge is 0.261 e. The molecule has 2 aromatic carbocycles. The number of carbonyl (C=O) groups is 1. The number of rotatable bonds is 5. The zero-order chi connectivity index (χ0) is 17.9. The first kappa shape index (κ1) is 17.4. The van der Waals surface area contributed by atoms with Crippen molar-refractivity contribution in [3.8, 4) is 11.5 Å². The Labute approximate surface area is 145 Å². The van der Waals surface area contributed by atoms with Gasteiger partial charge < -0.3 is 4.74 Å². The van der Waals surface area contributed by atoms with Gasteiger partial charge in [-0.2, -0.15) is 4.31 Å². The maximum Gasteiger partial charge on any atom is 0.261 e. The van der Waals surface area contributed by atoms with Crippen LogP contribution in [0.5, 0.6) is 11.5 Å². The van der Waals surface area contributed by atoms with Crippen LogP contribution in [0.15, 0.2) is 54.6 Å². The standard InChI is InChI=1S/C17H18N2O5S/c20-17(18-21)16-10-11-25(22,23)19(16)12-13-6-8-15(9-7-13)24-14-4-2-1-3-5-14/h1-9,16,21H,10-12H2,(H,18,20)/t16-/m0/s1. The van der Waals surface area contributed by atoms with E-state index in [4.69, 9.17) is 9.94 Å². The van der Waals surface area contributed by atoms with Crippen LogP contribution in [0, 0.1) is 0 Å². The number of hydrogen-bond acceptors (Lipinski definition) is 5. The number of nitrogens with zero attached hydrogens (tertiary/aromatic N) is 1. The largest absolute Gasteiger partial charge is 0.457 e. The summed E-state index contributed by atoms with van der Waals surface area (Å²) < 4.78 is 31.1. The molecule has 0 bridgehead atoms. The Morgan fingerprint density at radius 2 is 1.76 bits per heavy atom. The van der Waals surface area contributed by atoms with Gasteiger partial charge in [-0.1, -0.05) is 30.3 Å². The van der Waals surface area contributed by atoms with Crippen LogP contribution in [-0.2, 0) is 21.4 Å². The summed E-state index contributed by atoms with van der Waals surface area (Å²) in [4.78, 5) is 11.7. The number of benzene rings is 2. The van der Waals surface area contributed by atoms with Crippen molar-refractivity contribution in [1.82, 2.24) is 9.79 Å². The minimum atomic E-state index is -3.52. The van der Waals surface area contributed by atoms with Crippen molar-refractivity contribution in [3.05, 3.63) is 60.2 Å². The van der Waals surface area contributed by atoms with Gasteiger partial charge in [-0.25, -0.2) is 13.9 Å². The van der Waals surface area contributed by atoms with Crippen LogP contribution in [0.2, 0.25) is 0 Å². The minimum Gasteiger partial charge on any atom is -0.457 e. The summed E-state index contributed by atoms with van der Waals surface area (Å²) in [5, 5.41) is 8.79. The van der Waals surface area contributed by atoms with E-state index < -0.39 is 22.0 Å². The maximum atomic E-state index is 12.1. The van der Waals surface area contributed by atoms with E-state index in [9.17, 15) is 13.2 Å². The number of hydroxylamine groups is 1. The SMILES string of the molecule is O=C(NO)[C@@H]1CCS(=O)(=O)N1Cc1ccc(Oc2ccccc2)cc1. The molecule has 0 unspecified atom stereocenters. The van der Waals surface area contributed by atoms with Crippen molar-refractivity contribution in [2.45, 2.75) is 19.0 Å². The monoisotopic (exact) mass is 362 g/mol. The van der Waals surface area contributed by atoms with Crippen LogP contribution in [0.25, 0.3) is 0 Å². The van der Waals surface area contributed by atoms with Gasteiger partial charge in [-0.3, -0.25) is 10.0 Å². The lowest BCUT2D eigenvalue weighted by Gasteiger charge is -2.21. The summed E-state index contributed by atoms with van der Waals surface area (Å²) in [5.41, 5.74) is 2.26. The Morgan fingerprint density at radius 3 is 2.40 bits per heavy atom. The van der Waals surface area contributed by atoms with E-state index in [0.29, 0.717) is 11.5 Å². The van der Waals surface area contributed by atoms with Gasteiger partial charge >= 0.3 is 0 Å². The third kappa shape index (κ3) is 3.98. The molecule has 1 heterocycles. The second-order valence-corrected chi connectivity index (χ2v) is 7.74. The second-order valence-electron chi connectivity index (χ2n) is 5.70. The average molecular weight is 362 g/mol. The quantitative estimate of drug-likeness (QED) is 0.625. The molecule has 0 radical (unpaired) electrons. The minimum absolute atomic E-state index is 0.0615. The zero-order valence-corrected chi connectivity index (χ0v) is 14.1. The van der Waals surface area contributed by atoms with E-state index >= 15 is 0 Å². The summed E-state index contributed by atoms with van der Waals surface area (Å²) in [7, 11) is -3.52. The highest BCUT2D eigenvalue weighted by Gasteiger charge is 2.41. The lowest BCUT2D eigenvalue weighted by Crippen LogP contribution is -2.43. The maximum absolute atomic E-state index is 12.1. The molecule has 1 aliphatic rings. The Hall–Kier alpha value is -2.42. The topological polar surface area (TPSA) is 95.9 Å². The molecule has 1 atom stereocenters. The molecule has 1 saturated heterocycles. The molecule has 2 N–H and O–H groups in total. The van der Waals surface area contributed by atoms with Crippen LogP contribution >= 0.6 is 0 Å². The predicted molar refractivity (Wildman–Crippen MR) is 90.6 cm³/mol. The van der Waals surface area contributed by atoms with Crippen molar-refractivity contribution in [2.24, 2.45) is 0 Å². The summed E-state index contributed by atoms with van der Waals surface area (Å²) in [5.74, 6) is 0.506. The van der Waals surface area contributed by atoms with Crippen molar-refractivity contribution in [3.63, 3.8) is 0 Å². The van der Waals surface area contributed by atoms with E-state index in [1.165, 1.54) is 5.48 Å². The van der Waals surface area contributed by atoms with E-state index in [-0.39, 0.29) is 18.7 Å². The van der Waals surface area contributed by atoms with Gasteiger partial charge in [0.25, 0.3) is 5.91 Å². The average Bonchev–Trinajstić information content (AvgIpc) is 2.91. The molecule has 1 fully saturated rings. The van der Waals surface area contributed by atoms with Crippen LogP contribution in [0.4, 0.5) is 0 Å². The van der Waals surface area contributed by atoms with Gasteiger partial charge in [-0.05, 0) is 36.2 Å². The van der Waals surface area contributed by atoms with Gasteiger partial charge in [0.05, 0.1) is 5.75 Å². The normalized spacial score (nSPS) is 19.5. The van der Waals surface area contributed by atoms with Crippen molar-refractivity contribution >= 4 is 15.9 Å². The van der Waals surface area contributed by atoms with E-state index in [0.717, 1.165) is 9.87 Å². The van der Waals surface area contributed by atoms with Gasteiger partial charge in [0.2, 0.25) is 10.0 Å². The number of carbonyl (C=O) groups excluding carboxylic acids is 1. The van der Waals surface area contributed by atoms with Crippen molar-refractivity contribution < 1.29 is 23.2 Å². The molecule has 0 saturated carbocycles. The predicted octanol–water partition coefficient (Wildman–Crippen LogP) is 1.89. The summed E-state index contributed by atoms with van der Waals surface area (Å²) in [6.07, 6.45) is 0.157. The highest BCUT2D eigenvalue weighted by atomic mass is 32.2. The molecule has 7 nitrogen and oxygen atoms in total. The molecule has 0 aliphatic carbocycles. The number of hydrogen-bond donors (Lipinski definition) is 2. The summed E-state index contributed by atoms with van der Waals surface area (Å²) in [6.45, 7) is 0.0615. The number of amides is 1. The van der Waals surface area contributed by atoms with Gasteiger partial charge in [-0.15, -0.1) is 0 Å². The Bertz CT molecular complexity index is 837. The first-order valence-corrected chi connectivity index (χ1v) is 9.36. The molecule has 132 valence electrons. The molecule has 0 spiro atoms. The van der Waals surface area contributed by atoms with Gasteiger partial charge in [0.15, 0.2) is 0 Å².